The van der Waals surface area contributed by atoms with Gasteiger partial charge < -0.3 is 11.1 Å². The largest absolute Gasteiger partial charge is 0.395 e. The van der Waals surface area contributed by atoms with E-state index in [0.717, 1.165) is 5.56 Å². The van der Waals surface area contributed by atoms with E-state index in [0.29, 0.717) is 5.56 Å². The highest BCUT2D eigenvalue weighted by Gasteiger charge is 2.08. The molecule has 1 aromatic heterocycles. The number of aryl methyl sites for hydroxylation is 1. The summed E-state index contributed by atoms with van der Waals surface area (Å²) in [5.41, 5.74) is 7.47. The number of hydrogen-bond acceptors (Lipinski definition) is 4. The van der Waals surface area contributed by atoms with Crippen LogP contribution in [0.5, 0.6) is 0 Å². The van der Waals surface area contributed by atoms with E-state index in [1.165, 1.54) is 18.3 Å². The third kappa shape index (κ3) is 2.23. The van der Waals surface area contributed by atoms with E-state index in [1.807, 2.05) is 13.0 Å². The van der Waals surface area contributed by atoms with Gasteiger partial charge in [0.05, 0.1) is 16.9 Å². The van der Waals surface area contributed by atoms with E-state index in [2.05, 4.69) is 10.3 Å². The number of nitriles is 1. The van der Waals surface area contributed by atoms with Crippen molar-refractivity contribution in [3.8, 4) is 6.07 Å². The Kier molecular flexibility index (Phi) is 3.11. The van der Waals surface area contributed by atoms with Crippen LogP contribution in [0.4, 0.5) is 21.6 Å². The third-order valence-electron chi connectivity index (χ3n) is 2.49. The molecule has 0 fully saturated rings. The molecule has 2 aromatic rings. The average molecular weight is 242 g/mol. The zero-order valence-electron chi connectivity index (χ0n) is 9.74. The second-order valence-electron chi connectivity index (χ2n) is 3.84. The quantitative estimate of drug-likeness (QED) is 0.849. The summed E-state index contributed by atoms with van der Waals surface area (Å²) in [7, 11) is 0. The summed E-state index contributed by atoms with van der Waals surface area (Å²) in [6.45, 7) is 1.85. The van der Waals surface area contributed by atoms with Crippen molar-refractivity contribution < 1.29 is 4.39 Å². The monoisotopic (exact) mass is 242 g/mol. The first-order valence-electron chi connectivity index (χ1n) is 5.29. The van der Waals surface area contributed by atoms with Gasteiger partial charge in [-0.15, -0.1) is 0 Å². The van der Waals surface area contributed by atoms with E-state index in [-0.39, 0.29) is 17.2 Å². The number of nitrogens with zero attached hydrogens (tertiary/aromatic N) is 2. The van der Waals surface area contributed by atoms with Crippen molar-refractivity contribution in [3.05, 3.63) is 47.4 Å². The maximum absolute atomic E-state index is 13.6. The van der Waals surface area contributed by atoms with Gasteiger partial charge in [-0.05, 0) is 30.7 Å². The Hall–Kier alpha value is -2.61. The molecule has 0 radical (unpaired) electrons. The summed E-state index contributed by atoms with van der Waals surface area (Å²) in [6, 6.07) is 8.14. The average Bonchev–Trinajstić information content (AvgIpc) is 2.36. The standard InChI is InChI=1S/C13H11FN4/c1-8-2-3-10(14)11(6-8)18-13-12(16)9(7-15)4-5-17-13/h2-6H,16H2,1H3,(H,17,18). The van der Waals surface area contributed by atoms with Crippen molar-refractivity contribution in [2.45, 2.75) is 6.92 Å². The van der Waals surface area contributed by atoms with Gasteiger partial charge in [-0.2, -0.15) is 5.26 Å². The highest BCUT2D eigenvalue weighted by molar-refractivity contribution is 5.73. The van der Waals surface area contributed by atoms with Crippen molar-refractivity contribution in [2.24, 2.45) is 0 Å². The molecule has 1 aromatic carbocycles. The molecular formula is C13H11FN4. The molecular weight excluding hydrogens is 231 g/mol. The highest BCUT2D eigenvalue weighted by atomic mass is 19.1. The van der Waals surface area contributed by atoms with Gasteiger partial charge in [-0.1, -0.05) is 6.07 Å². The minimum atomic E-state index is -0.399. The summed E-state index contributed by atoms with van der Waals surface area (Å²) in [6.07, 6.45) is 1.45. The van der Waals surface area contributed by atoms with Gasteiger partial charge in [-0.3, -0.25) is 0 Å². The van der Waals surface area contributed by atoms with Gasteiger partial charge in [0.2, 0.25) is 0 Å². The molecule has 0 spiro atoms. The van der Waals surface area contributed by atoms with Gasteiger partial charge in [0.1, 0.15) is 11.9 Å². The molecule has 1 heterocycles. The molecule has 0 atom stereocenters. The Bertz CT molecular complexity index is 631. The molecule has 4 nitrogen and oxygen atoms in total. The van der Waals surface area contributed by atoms with Crippen LogP contribution >= 0.6 is 0 Å². The predicted molar refractivity (Wildman–Crippen MR) is 67.8 cm³/mol. The summed E-state index contributed by atoms with van der Waals surface area (Å²) in [5.74, 6) is -0.122. The zero-order valence-corrected chi connectivity index (χ0v) is 9.74. The Balaban J connectivity index is 2.41. The molecule has 0 saturated heterocycles. The molecule has 5 heteroatoms. The molecule has 3 N–H and O–H groups in total. The number of nitrogens with one attached hydrogen (secondary N) is 1. The van der Waals surface area contributed by atoms with Gasteiger partial charge in [0.15, 0.2) is 5.82 Å². The normalized spacial score (nSPS) is 9.83. The Morgan fingerprint density at radius 3 is 2.89 bits per heavy atom. The fourth-order valence-corrected chi connectivity index (χ4v) is 1.53. The zero-order chi connectivity index (χ0) is 13.1. The molecule has 0 aliphatic heterocycles. The number of pyridine rings is 1. The number of benzene rings is 1. The fraction of sp³-hybridized carbons (Fsp3) is 0.0769. The third-order valence-corrected chi connectivity index (χ3v) is 2.49. The second kappa shape index (κ2) is 4.72. The van der Waals surface area contributed by atoms with Gasteiger partial charge in [0.25, 0.3) is 0 Å². The molecule has 18 heavy (non-hydrogen) atoms. The van der Waals surface area contributed by atoms with E-state index >= 15 is 0 Å². The smallest absolute Gasteiger partial charge is 0.155 e. The Labute approximate surface area is 104 Å². The molecule has 90 valence electrons. The van der Waals surface area contributed by atoms with Crippen LogP contribution in [0, 0.1) is 24.1 Å². The maximum Gasteiger partial charge on any atom is 0.155 e. The van der Waals surface area contributed by atoms with E-state index < -0.39 is 5.82 Å². The van der Waals surface area contributed by atoms with Gasteiger partial charge in [-0.25, -0.2) is 9.37 Å². The fourth-order valence-electron chi connectivity index (χ4n) is 1.53. The minimum Gasteiger partial charge on any atom is -0.395 e. The number of anilines is 3. The van der Waals surface area contributed by atoms with Crippen molar-refractivity contribution >= 4 is 17.2 Å². The van der Waals surface area contributed by atoms with Crippen LogP contribution in [0.2, 0.25) is 0 Å². The first-order chi connectivity index (χ1) is 8.61. The van der Waals surface area contributed by atoms with Crippen LogP contribution in [-0.4, -0.2) is 4.98 Å². The van der Waals surface area contributed by atoms with Crippen LogP contribution < -0.4 is 11.1 Å². The van der Waals surface area contributed by atoms with Crippen molar-refractivity contribution in [1.82, 2.24) is 4.98 Å². The molecule has 0 amide bonds. The van der Waals surface area contributed by atoms with Crippen LogP contribution in [0.1, 0.15) is 11.1 Å². The van der Waals surface area contributed by atoms with Crippen LogP contribution in [-0.2, 0) is 0 Å². The van der Waals surface area contributed by atoms with E-state index in [1.54, 1.807) is 12.1 Å². The van der Waals surface area contributed by atoms with Gasteiger partial charge >= 0.3 is 0 Å². The summed E-state index contributed by atoms with van der Waals surface area (Å²) in [4.78, 5) is 4.00. The SMILES string of the molecule is Cc1ccc(F)c(Nc2nccc(C#N)c2N)c1. The number of rotatable bonds is 2. The number of nitrogen functional groups attached to an aromatic ring is 1. The van der Waals surface area contributed by atoms with E-state index in [4.69, 9.17) is 11.0 Å². The second-order valence-corrected chi connectivity index (χ2v) is 3.84. The first kappa shape index (κ1) is 11.9. The number of nitrogens with two attached hydrogens (primary N) is 1. The van der Waals surface area contributed by atoms with Crippen LogP contribution in [0.15, 0.2) is 30.5 Å². The molecule has 0 aliphatic carbocycles. The highest BCUT2D eigenvalue weighted by Crippen LogP contribution is 2.25. The lowest BCUT2D eigenvalue weighted by Gasteiger charge is -2.10. The van der Waals surface area contributed by atoms with E-state index in [9.17, 15) is 4.39 Å². The van der Waals surface area contributed by atoms with Crippen LogP contribution in [0.3, 0.4) is 0 Å². The first-order valence-corrected chi connectivity index (χ1v) is 5.29. The minimum absolute atomic E-state index is 0.209. The number of halogens is 1. The van der Waals surface area contributed by atoms with Gasteiger partial charge in [0, 0.05) is 6.20 Å². The number of aromatic nitrogens is 1. The van der Waals surface area contributed by atoms with Crippen LogP contribution in [0.25, 0.3) is 0 Å². The summed E-state index contributed by atoms with van der Waals surface area (Å²) >= 11 is 0. The summed E-state index contributed by atoms with van der Waals surface area (Å²) < 4.78 is 13.6. The van der Waals surface area contributed by atoms with Crippen molar-refractivity contribution in [3.63, 3.8) is 0 Å². The maximum atomic E-state index is 13.6. The molecule has 0 aliphatic rings. The molecule has 0 saturated carbocycles. The lowest BCUT2D eigenvalue weighted by Crippen LogP contribution is -2.02. The topological polar surface area (TPSA) is 74.7 Å². The lowest BCUT2D eigenvalue weighted by atomic mass is 10.2. The van der Waals surface area contributed by atoms with Crippen molar-refractivity contribution in [1.29, 1.82) is 5.26 Å². The summed E-state index contributed by atoms with van der Waals surface area (Å²) in [5, 5.41) is 11.6. The Morgan fingerprint density at radius 2 is 2.17 bits per heavy atom. The Morgan fingerprint density at radius 1 is 1.39 bits per heavy atom. The molecule has 0 bridgehead atoms. The molecule has 2 rings (SSSR count). The predicted octanol–water partition coefficient (Wildman–Crippen LogP) is 2.73. The molecule has 0 unspecified atom stereocenters. The number of hydrogen-bond donors (Lipinski definition) is 2. The lowest BCUT2D eigenvalue weighted by molar-refractivity contribution is 0.631. The van der Waals surface area contributed by atoms with Crippen molar-refractivity contribution in [2.75, 3.05) is 11.1 Å².